The molecule has 0 aliphatic rings. The molecule has 2 aromatic rings. The smallest absolute Gasteiger partial charge is 0.138 e. The lowest BCUT2D eigenvalue weighted by molar-refractivity contribution is 0.621. The molecule has 94 valence electrons. The van der Waals surface area contributed by atoms with Gasteiger partial charge in [0.2, 0.25) is 0 Å². The van der Waals surface area contributed by atoms with Crippen LogP contribution in [0.3, 0.4) is 0 Å². The molecular formula is C14H14FIN2. The summed E-state index contributed by atoms with van der Waals surface area (Å²) < 4.78 is 14.0. The van der Waals surface area contributed by atoms with E-state index in [0.29, 0.717) is 14.9 Å². The number of rotatable bonds is 2. The van der Waals surface area contributed by atoms with E-state index in [4.69, 9.17) is 5.73 Å². The molecule has 18 heavy (non-hydrogen) atoms. The first-order valence-corrected chi connectivity index (χ1v) is 6.64. The van der Waals surface area contributed by atoms with Gasteiger partial charge in [0.25, 0.3) is 0 Å². The van der Waals surface area contributed by atoms with Crippen LogP contribution in [0.4, 0.5) is 21.5 Å². The summed E-state index contributed by atoms with van der Waals surface area (Å²) in [6.07, 6.45) is 0. The van der Waals surface area contributed by atoms with Crippen molar-refractivity contribution in [2.24, 2.45) is 0 Å². The third-order valence-corrected chi connectivity index (χ3v) is 3.71. The molecule has 2 nitrogen and oxygen atoms in total. The van der Waals surface area contributed by atoms with Crippen molar-refractivity contribution in [3.63, 3.8) is 0 Å². The Morgan fingerprint density at radius 3 is 2.50 bits per heavy atom. The molecule has 0 spiro atoms. The van der Waals surface area contributed by atoms with Crippen LogP contribution in [-0.4, -0.2) is 0 Å². The van der Waals surface area contributed by atoms with Gasteiger partial charge < -0.3 is 11.1 Å². The number of hydrogen-bond acceptors (Lipinski definition) is 2. The molecule has 0 aromatic heterocycles. The average molecular weight is 356 g/mol. The van der Waals surface area contributed by atoms with Crippen LogP contribution in [0.25, 0.3) is 0 Å². The van der Waals surface area contributed by atoms with Crippen molar-refractivity contribution >= 4 is 39.7 Å². The zero-order chi connectivity index (χ0) is 13.3. The summed E-state index contributed by atoms with van der Waals surface area (Å²) >= 11 is 1.92. The predicted octanol–water partition coefficient (Wildman–Crippen LogP) is 4.37. The molecule has 0 aliphatic carbocycles. The van der Waals surface area contributed by atoms with Gasteiger partial charge in [-0.3, -0.25) is 0 Å². The van der Waals surface area contributed by atoms with Gasteiger partial charge in [0.15, 0.2) is 0 Å². The summed E-state index contributed by atoms with van der Waals surface area (Å²) in [6.45, 7) is 4.09. The van der Waals surface area contributed by atoms with Crippen LogP contribution < -0.4 is 11.1 Å². The number of benzene rings is 2. The number of hydrogen-bond donors (Lipinski definition) is 2. The Morgan fingerprint density at radius 2 is 1.83 bits per heavy atom. The van der Waals surface area contributed by atoms with Gasteiger partial charge in [0.05, 0.1) is 14.9 Å². The van der Waals surface area contributed by atoms with E-state index in [2.05, 4.69) is 12.2 Å². The topological polar surface area (TPSA) is 38.0 Å². The zero-order valence-electron chi connectivity index (χ0n) is 10.2. The molecule has 0 radical (unpaired) electrons. The SMILES string of the molecule is Cc1ccc(Nc2cc(F)c(I)cc2N)cc1C. The van der Waals surface area contributed by atoms with Crippen molar-refractivity contribution in [2.75, 3.05) is 11.1 Å². The quantitative estimate of drug-likeness (QED) is 0.619. The van der Waals surface area contributed by atoms with Crippen LogP contribution in [0, 0.1) is 23.2 Å². The fourth-order valence-electron chi connectivity index (χ4n) is 1.65. The molecule has 0 fully saturated rings. The monoisotopic (exact) mass is 356 g/mol. The van der Waals surface area contributed by atoms with Crippen LogP contribution in [0.5, 0.6) is 0 Å². The van der Waals surface area contributed by atoms with E-state index in [-0.39, 0.29) is 5.82 Å². The summed E-state index contributed by atoms with van der Waals surface area (Å²) in [7, 11) is 0. The minimum atomic E-state index is -0.267. The molecule has 0 bridgehead atoms. The van der Waals surface area contributed by atoms with Gasteiger partial charge in [-0.05, 0) is 65.8 Å². The Kier molecular flexibility index (Phi) is 3.75. The van der Waals surface area contributed by atoms with Gasteiger partial charge in [-0.1, -0.05) is 6.07 Å². The summed E-state index contributed by atoms with van der Waals surface area (Å²) in [5.74, 6) is -0.267. The predicted molar refractivity (Wildman–Crippen MR) is 82.7 cm³/mol. The normalized spacial score (nSPS) is 10.4. The first kappa shape index (κ1) is 13.1. The second kappa shape index (κ2) is 5.14. The molecule has 2 rings (SSSR count). The van der Waals surface area contributed by atoms with Crippen LogP contribution in [-0.2, 0) is 0 Å². The van der Waals surface area contributed by atoms with Crippen molar-refractivity contribution < 1.29 is 4.39 Å². The maximum Gasteiger partial charge on any atom is 0.138 e. The molecule has 0 unspecified atom stereocenters. The number of nitrogen functional groups attached to an aromatic ring is 1. The number of nitrogens with one attached hydrogen (secondary N) is 1. The zero-order valence-corrected chi connectivity index (χ0v) is 12.4. The lowest BCUT2D eigenvalue weighted by Crippen LogP contribution is -1.99. The van der Waals surface area contributed by atoms with E-state index in [9.17, 15) is 4.39 Å². The number of nitrogens with two attached hydrogens (primary N) is 1. The molecule has 0 saturated heterocycles. The maximum absolute atomic E-state index is 13.5. The first-order valence-electron chi connectivity index (χ1n) is 5.56. The number of anilines is 3. The summed E-state index contributed by atoms with van der Waals surface area (Å²) in [6, 6.07) is 9.05. The summed E-state index contributed by atoms with van der Waals surface area (Å²) in [5.41, 5.74) is 10.3. The first-order chi connectivity index (χ1) is 8.47. The third kappa shape index (κ3) is 2.75. The van der Waals surface area contributed by atoms with E-state index in [1.807, 2.05) is 47.7 Å². The Bertz CT molecular complexity index is 597. The Morgan fingerprint density at radius 1 is 1.11 bits per heavy atom. The fraction of sp³-hybridized carbons (Fsp3) is 0.143. The molecule has 4 heteroatoms. The third-order valence-electron chi connectivity index (χ3n) is 2.88. The molecule has 3 N–H and O–H groups in total. The van der Waals surface area contributed by atoms with Gasteiger partial charge in [-0.15, -0.1) is 0 Å². The van der Waals surface area contributed by atoms with Gasteiger partial charge in [0.1, 0.15) is 5.82 Å². The lowest BCUT2D eigenvalue weighted by Gasteiger charge is -2.11. The van der Waals surface area contributed by atoms with Gasteiger partial charge >= 0.3 is 0 Å². The van der Waals surface area contributed by atoms with Crippen LogP contribution in [0.1, 0.15) is 11.1 Å². The van der Waals surface area contributed by atoms with Crippen molar-refractivity contribution in [3.05, 3.63) is 50.8 Å². The van der Waals surface area contributed by atoms with E-state index >= 15 is 0 Å². The molecule has 0 heterocycles. The number of halogens is 2. The minimum Gasteiger partial charge on any atom is -0.397 e. The molecule has 0 saturated carbocycles. The highest BCUT2D eigenvalue weighted by atomic mass is 127. The molecule has 0 atom stereocenters. The summed E-state index contributed by atoms with van der Waals surface area (Å²) in [5, 5.41) is 3.14. The van der Waals surface area contributed by atoms with E-state index in [0.717, 1.165) is 5.69 Å². The maximum atomic E-state index is 13.5. The number of aryl methyl sites for hydroxylation is 2. The highest BCUT2D eigenvalue weighted by molar-refractivity contribution is 14.1. The Labute approximate surface area is 120 Å². The van der Waals surface area contributed by atoms with Crippen molar-refractivity contribution in [2.45, 2.75) is 13.8 Å². The second-order valence-electron chi connectivity index (χ2n) is 4.28. The second-order valence-corrected chi connectivity index (χ2v) is 5.44. The van der Waals surface area contributed by atoms with E-state index < -0.39 is 0 Å². The van der Waals surface area contributed by atoms with Crippen LogP contribution >= 0.6 is 22.6 Å². The molecule has 0 aliphatic heterocycles. The molecule has 2 aromatic carbocycles. The standard InChI is InChI=1S/C14H14FIN2/c1-8-3-4-10(5-9(8)2)18-14-6-11(15)12(16)7-13(14)17/h3-7,18H,17H2,1-2H3. The Balaban J connectivity index is 2.34. The largest absolute Gasteiger partial charge is 0.397 e. The van der Waals surface area contributed by atoms with Gasteiger partial charge in [0, 0.05) is 11.8 Å². The fourth-order valence-corrected chi connectivity index (χ4v) is 2.14. The molecular weight excluding hydrogens is 342 g/mol. The molecule has 0 amide bonds. The van der Waals surface area contributed by atoms with Crippen molar-refractivity contribution in [1.82, 2.24) is 0 Å². The highest BCUT2D eigenvalue weighted by Crippen LogP contribution is 2.27. The minimum absolute atomic E-state index is 0.267. The average Bonchev–Trinajstić information content (AvgIpc) is 2.31. The van der Waals surface area contributed by atoms with E-state index in [1.165, 1.54) is 17.2 Å². The van der Waals surface area contributed by atoms with Crippen molar-refractivity contribution in [1.29, 1.82) is 0 Å². The van der Waals surface area contributed by atoms with E-state index in [1.54, 1.807) is 6.07 Å². The van der Waals surface area contributed by atoms with Gasteiger partial charge in [-0.25, -0.2) is 4.39 Å². The highest BCUT2D eigenvalue weighted by Gasteiger charge is 2.06. The van der Waals surface area contributed by atoms with Crippen LogP contribution in [0.15, 0.2) is 30.3 Å². The van der Waals surface area contributed by atoms with Crippen molar-refractivity contribution in [3.8, 4) is 0 Å². The van der Waals surface area contributed by atoms with Gasteiger partial charge in [-0.2, -0.15) is 0 Å². The van der Waals surface area contributed by atoms with Crippen LogP contribution in [0.2, 0.25) is 0 Å². The Hall–Kier alpha value is -1.30. The lowest BCUT2D eigenvalue weighted by atomic mass is 10.1. The summed E-state index contributed by atoms with van der Waals surface area (Å²) in [4.78, 5) is 0.